The van der Waals surface area contributed by atoms with Gasteiger partial charge in [-0.15, -0.1) is 0 Å². The molecule has 0 bridgehead atoms. The van der Waals surface area contributed by atoms with Crippen LogP contribution in [0.1, 0.15) is 51.0 Å². The fourth-order valence-corrected chi connectivity index (χ4v) is 2.83. The zero-order valence-electron chi connectivity index (χ0n) is 14.9. The van der Waals surface area contributed by atoms with Gasteiger partial charge in [0.15, 0.2) is 11.5 Å². The van der Waals surface area contributed by atoms with E-state index in [0.29, 0.717) is 12.4 Å². The van der Waals surface area contributed by atoms with Gasteiger partial charge in [-0.3, -0.25) is 4.79 Å². The number of hydrogen-bond acceptors (Lipinski definition) is 3. The minimum absolute atomic E-state index is 0.0913. The third-order valence-corrected chi connectivity index (χ3v) is 4.28. The fourth-order valence-electron chi connectivity index (χ4n) is 2.83. The number of rotatable bonds is 8. The molecule has 4 heteroatoms. The van der Waals surface area contributed by atoms with Crippen molar-refractivity contribution in [1.29, 1.82) is 0 Å². The number of ether oxygens (including phenoxy) is 2. The SMILES string of the molecule is CCCCCOc1ccc(/C=C/C(=O)N2CCCCC2)cc1OC. The highest BCUT2D eigenvalue weighted by molar-refractivity contribution is 5.91. The van der Waals surface area contributed by atoms with E-state index in [1.165, 1.54) is 19.3 Å². The largest absolute Gasteiger partial charge is 0.493 e. The molecule has 4 nitrogen and oxygen atoms in total. The molecule has 24 heavy (non-hydrogen) atoms. The van der Waals surface area contributed by atoms with Gasteiger partial charge in [-0.25, -0.2) is 0 Å². The molecule has 2 rings (SSSR count). The summed E-state index contributed by atoms with van der Waals surface area (Å²) in [5, 5.41) is 0. The molecule has 0 unspecified atom stereocenters. The van der Waals surface area contributed by atoms with E-state index in [1.807, 2.05) is 29.2 Å². The third-order valence-electron chi connectivity index (χ3n) is 4.28. The number of amides is 1. The van der Waals surface area contributed by atoms with Crippen LogP contribution in [0, 0.1) is 0 Å². The predicted molar refractivity (Wildman–Crippen MR) is 97.5 cm³/mol. The van der Waals surface area contributed by atoms with Gasteiger partial charge < -0.3 is 14.4 Å². The van der Waals surface area contributed by atoms with E-state index in [-0.39, 0.29) is 5.91 Å². The summed E-state index contributed by atoms with van der Waals surface area (Å²) in [5.74, 6) is 1.56. The average Bonchev–Trinajstić information content (AvgIpc) is 2.64. The van der Waals surface area contributed by atoms with E-state index in [2.05, 4.69) is 6.92 Å². The first kappa shape index (κ1) is 18.4. The summed E-state index contributed by atoms with van der Waals surface area (Å²) in [4.78, 5) is 14.1. The monoisotopic (exact) mass is 331 g/mol. The van der Waals surface area contributed by atoms with Crippen LogP contribution in [0.15, 0.2) is 24.3 Å². The second-order valence-corrected chi connectivity index (χ2v) is 6.19. The molecule has 0 saturated carbocycles. The lowest BCUT2D eigenvalue weighted by atomic mass is 10.1. The molecular formula is C20H29NO3. The van der Waals surface area contributed by atoms with Crippen LogP contribution in [-0.2, 0) is 4.79 Å². The molecule has 0 atom stereocenters. The van der Waals surface area contributed by atoms with Crippen LogP contribution in [0.4, 0.5) is 0 Å². The minimum Gasteiger partial charge on any atom is -0.493 e. The molecule has 0 radical (unpaired) electrons. The molecule has 1 saturated heterocycles. The Kier molecular flexibility index (Phi) is 7.66. The maximum atomic E-state index is 12.2. The Bertz CT molecular complexity index is 548. The number of nitrogens with zero attached hydrogens (tertiary/aromatic N) is 1. The summed E-state index contributed by atoms with van der Waals surface area (Å²) in [5.41, 5.74) is 0.943. The van der Waals surface area contributed by atoms with Gasteiger partial charge in [0.05, 0.1) is 13.7 Å². The molecule has 0 N–H and O–H groups in total. The first-order valence-corrected chi connectivity index (χ1v) is 9.02. The first-order valence-electron chi connectivity index (χ1n) is 9.02. The molecule has 132 valence electrons. The third kappa shape index (κ3) is 5.59. The maximum Gasteiger partial charge on any atom is 0.246 e. The number of carbonyl (C=O) groups excluding carboxylic acids is 1. The van der Waals surface area contributed by atoms with Crippen molar-refractivity contribution in [3.8, 4) is 11.5 Å². The van der Waals surface area contributed by atoms with Gasteiger partial charge in [-0.2, -0.15) is 0 Å². The van der Waals surface area contributed by atoms with Crippen LogP contribution in [0.2, 0.25) is 0 Å². The number of carbonyl (C=O) groups is 1. The van der Waals surface area contributed by atoms with Crippen molar-refractivity contribution in [3.63, 3.8) is 0 Å². The van der Waals surface area contributed by atoms with Gasteiger partial charge in [-0.05, 0) is 49.5 Å². The fraction of sp³-hybridized carbons (Fsp3) is 0.550. The van der Waals surface area contributed by atoms with Crippen LogP contribution in [0.3, 0.4) is 0 Å². The van der Waals surface area contributed by atoms with Crippen LogP contribution < -0.4 is 9.47 Å². The van der Waals surface area contributed by atoms with Crippen LogP contribution >= 0.6 is 0 Å². The molecule has 1 aliphatic heterocycles. The molecular weight excluding hydrogens is 302 g/mol. The molecule has 0 spiro atoms. The van der Waals surface area contributed by atoms with E-state index in [1.54, 1.807) is 13.2 Å². The number of hydrogen-bond donors (Lipinski definition) is 0. The summed E-state index contributed by atoms with van der Waals surface area (Å²) in [6.45, 7) is 4.62. The van der Waals surface area contributed by atoms with E-state index in [0.717, 1.165) is 43.7 Å². The van der Waals surface area contributed by atoms with Crippen LogP contribution in [0.5, 0.6) is 11.5 Å². The number of piperidine rings is 1. The normalized spacial score (nSPS) is 14.8. The van der Waals surface area contributed by atoms with E-state index < -0.39 is 0 Å². The summed E-state index contributed by atoms with van der Waals surface area (Å²) in [7, 11) is 1.64. The molecule has 1 aromatic rings. The average molecular weight is 331 g/mol. The first-order chi connectivity index (χ1) is 11.7. The van der Waals surface area contributed by atoms with Crippen molar-refractivity contribution in [2.45, 2.75) is 45.4 Å². The van der Waals surface area contributed by atoms with Crippen molar-refractivity contribution in [2.24, 2.45) is 0 Å². The van der Waals surface area contributed by atoms with Gasteiger partial charge >= 0.3 is 0 Å². The molecule has 0 aromatic heterocycles. The standard InChI is InChI=1S/C20H29NO3/c1-3-4-8-15-24-18-11-9-17(16-19(18)23-2)10-12-20(22)21-13-6-5-7-14-21/h9-12,16H,3-8,13-15H2,1-2H3/b12-10+. The van der Waals surface area contributed by atoms with Crippen molar-refractivity contribution < 1.29 is 14.3 Å². The number of unbranched alkanes of at least 4 members (excludes halogenated alkanes) is 2. The zero-order chi connectivity index (χ0) is 17.2. The molecule has 1 amide bonds. The smallest absolute Gasteiger partial charge is 0.246 e. The lowest BCUT2D eigenvalue weighted by Gasteiger charge is -2.25. The number of methoxy groups -OCH3 is 1. The molecule has 1 heterocycles. The minimum atomic E-state index is 0.0913. The van der Waals surface area contributed by atoms with Gasteiger partial charge in [0.2, 0.25) is 5.91 Å². The summed E-state index contributed by atoms with van der Waals surface area (Å²) in [6.07, 6.45) is 10.3. The zero-order valence-corrected chi connectivity index (χ0v) is 14.9. The lowest BCUT2D eigenvalue weighted by molar-refractivity contribution is -0.126. The Labute approximate surface area is 145 Å². The van der Waals surface area contributed by atoms with Crippen molar-refractivity contribution >= 4 is 12.0 Å². The van der Waals surface area contributed by atoms with Crippen molar-refractivity contribution in [2.75, 3.05) is 26.8 Å². The highest BCUT2D eigenvalue weighted by atomic mass is 16.5. The Balaban J connectivity index is 1.95. The molecule has 1 fully saturated rings. The maximum absolute atomic E-state index is 12.2. The Hall–Kier alpha value is -1.97. The Morgan fingerprint density at radius 1 is 1.17 bits per heavy atom. The highest BCUT2D eigenvalue weighted by Crippen LogP contribution is 2.28. The van der Waals surface area contributed by atoms with Gasteiger partial charge in [-0.1, -0.05) is 25.8 Å². The van der Waals surface area contributed by atoms with E-state index in [4.69, 9.17) is 9.47 Å². The summed E-state index contributed by atoms with van der Waals surface area (Å²) < 4.78 is 11.2. The summed E-state index contributed by atoms with van der Waals surface area (Å²) in [6, 6.07) is 5.78. The number of likely N-dealkylation sites (tertiary alicyclic amines) is 1. The quantitative estimate of drug-likeness (QED) is 0.527. The molecule has 1 aromatic carbocycles. The number of benzene rings is 1. The van der Waals surface area contributed by atoms with Crippen molar-refractivity contribution in [3.05, 3.63) is 29.8 Å². The topological polar surface area (TPSA) is 38.8 Å². The van der Waals surface area contributed by atoms with E-state index in [9.17, 15) is 4.79 Å². The van der Waals surface area contributed by atoms with Crippen molar-refractivity contribution in [1.82, 2.24) is 4.90 Å². The van der Waals surface area contributed by atoms with Gasteiger partial charge in [0.1, 0.15) is 0 Å². The highest BCUT2D eigenvalue weighted by Gasteiger charge is 2.13. The van der Waals surface area contributed by atoms with Crippen LogP contribution in [0.25, 0.3) is 6.08 Å². The second-order valence-electron chi connectivity index (χ2n) is 6.19. The molecule has 0 aliphatic carbocycles. The van der Waals surface area contributed by atoms with Gasteiger partial charge in [0, 0.05) is 19.2 Å². The predicted octanol–water partition coefficient (Wildman–Crippen LogP) is 4.29. The van der Waals surface area contributed by atoms with E-state index >= 15 is 0 Å². The molecule has 1 aliphatic rings. The second kappa shape index (κ2) is 10.0. The summed E-state index contributed by atoms with van der Waals surface area (Å²) >= 11 is 0. The van der Waals surface area contributed by atoms with Gasteiger partial charge in [0.25, 0.3) is 0 Å². The lowest BCUT2D eigenvalue weighted by Crippen LogP contribution is -2.34. The van der Waals surface area contributed by atoms with Crippen LogP contribution in [-0.4, -0.2) is 37.6 Å². The Morgan fingerprint density at radius 3 is 2.67 bits per heavy atom. The Morgan fingerprint density at radius 2 is 1.96 bits per heavy atom.